The number of nitrogens with zero attached hydrogens (tertiary/aromatic N) is 3. The minimum Gasteiger partial charge on any atom is -0.305 e. The molecule has 2 heterocycles. The van der Waals surface area contributed by atoms with Gasteiger partial charge in [0.2, 0.25) is 0 Å². The number of hydrogen-bond donors (Lipinski definition) is 1. The molecule has 1 amide bonds. The first kappa shape index (κ1) is 18.2. The molecule has 0 fully saturated rings. The summed E-state index contributed by atoms with van der Waals surface area (Å²) in [5, 5.41) is 9.28. The molecule has 2 aromatic carbocycles. The van der Waals surface area contributed by atoms with Gasteiger partial charge in [-0.05, 0) is 47.7 Å². The van der Waals surface area contributed by atoms with Gasteiger partial charge in [-0.2, -0.15) is 5.10 Å². The van der Waals surface area contributed by atoms with Crippen molar-refractivity contribution in [3.8, 4) is 0 Å². The van der Waals surface area contributed by atoms with Gasteiger partial charge in [-0.25, -0.2) is 9.67 Å². The number of fused-ring (bicyclic) bond motifs is 2. The van der Waals surface area contributed by atoms with Crippen LogP contribution in [0.1, 0.15) is 42.3 Å². The van der Waals surface area contributed by atoms with Crippen LogP contribution >= 0.6 is 0 Å². The van der Waals surface area contributed by atoms with Crippen LogP contribution in [0, 0.1) is 6.92 Å². The van der Waals surface area contributed by atoms with Gasteiger partial charge in [-0.3, -0.25) is 4.79 Å². The maximum absolute atomic E-state index is 12.8. The topological polar surface area (TPSA) is 59.8 Å². The van der Waals surface area contributed by atoms with Crippen molar-refractivity contribution < 1.29 is 4.79 Å². The molecule has 0 radical (unpaired) electrons. The number of carbonyl (C=O) groups excluding carboxylic acids is 1. The third-order valence-electron chi connectivity index (χ3n) is 5.01. The minimum absolute atomic E-state index is 0.0529. The zero-order valence-corrected chi connectivity index (χ0v) is 16.9. The molecule has 5 nitrogen and oxygen atoms in total. The Balaban J connectivity index is 1.69. The molecule has 0 saturated carbocycles. The molecule has 0 spiro atoms. The highest BCUT2D eigenvalue weighted by Gasteiger charge is 2.17. The van der Waals surface area contributed by atoms with Crippen LogP contribution in [0.3, 0.4) is 0 Å². The molecule has 1 N–H and O–H groups in total. The van der Waals surface area contributed by atoms with E-state index >= 15 is 0 Å². The molecule has 0 saturated heterocycles. The Hall–Kier alpha value is -3.21. The van der Waals surface area contributed by atoms with Gasteiger partial charge in [0.25, 0.3) is 5.91 Å². The molecule has 0 aliphatic carbocycles. The first-order valence-corrected chi connectivity index (χ1v) is 9.38. The fourth-order valence-electron chi connectivity index (χ4n) is 3.33. The first-order valence-electron chi connectivity index (χ1n) is 9.38. The molecule has 4 rings (SSSR count). The molecule has 2 aromatic heterocycles. The highest BCUT2D eigenvalue weighted by molar-refractivity contribution is 6.08. The number of rotatable bonds is 2. The molecule has 4 aromatic rings. The largest absolute Gasteiger partial charge is 0.305 e. The van der Waals surface area contributed by atoms with Crippen molar-refractivity contribution in [3.05, 3.63) is 65.2 Å². The average Bonchev–Trinajstić information content (AvgIpc) is 2.94. The van der Waals surface area contributed by atoms with Crippen molar-refractivity contribution in [1.82, 2.24) is 14.8 Å². The summed E-state index contributed by atoms with van der Waals surface area (Å²) in [4.78, 5) is 17.5. The van der Waals surface area contributed by atoms with E-state index in [-0.39, 0.29) is 11.3 Å². The first-order chi connectivity index (χ1) is 13.2. The summed E-state index contributed by atoms with van der Waals surface area (Å²) in [7, 11) is 1.84. The van der Waals surface area contributed by atoms with Crippen LogP contribution in [-0.2, 0) is 12.5 Å². The minimum atomic E-state index is -0.176. The summed E-state index contributed by atoms with van der Waals surface area (Å²) < 4.78 is 1.70. The molecule has 0 aliphatic rings. The second-order valence-electron chi connectivity index (χ2n) is 8.31. The van der Waals surface area contributed by atoms with E-state index in [4.69, 9.17) is 4.98 Å². The van der Waals surface area contributed by atoms with Gasteiger partial charge in [-0.15, -0.1) is 0 Å². The Morgan fingerprint density at radius 1 is 1.04 bits per heavy atom. The van der Waals surface area contributed by atoms with Gasteiger partial charge in [0, 0.05) is 18.0 Å². The molecule has 0 unspecified atom stereocenters. The molecular formula is C23H24N4O. The molecule has 0 atom stereocenters. The molecule has 0 bridgehead atoms. The maximum Gasteiger partial charge on any atom is 0.256 e. The number of pyridine rings is 1. The summed E-state index contributed by atoms with van der Waals surface area (Å²) in [5.74, 6) is 0.349. The molecule has 0 aliphatic heterocycles. The van der Waals surface area contributed by atoms with Crippen molar-refractivity contribution in [2.24, 2.45) is 7.05 Å². The predicted octanol–water partition coefficient (Wildman–Crippen LogP) is 4.98. The van der Waals surface area contributed by atoms with Crippen LogP contribution in [0.25, 0.3) is 21.9 Å². The smallest absolute Gasteiger partial charge is 0.256 e. The lowest BCUT2D eigenvalue weighted by Gasteiger charge is -2.18. The Kier molecular flexibility index (Phi) is 4.18. The Labute approximate surface area is 164 Å². The van der Waals surface area contributed by atoms with E-state index in [1.54, 1.807) is 4.68 Å². The standard InChI is InChI=1S/C23H24N4O/c1-14-6-7-16-13-18-20(26-27(5)21(18)24-19(16)12-14)25-22(28)15-8-10-17(11-9-15)23(2,3)4/h6-13H,1-5H3,(H,25,26,28). The van der Waals surface area contributed by atoms with Gasteiger partial charge in [0.15, 0.2) is 11.5 Å². The van der Waals surface area contributed by atoms with Crippen LogP contribution in [0.5, 0.6) is 0 Å². The average molecular weight is 372 g/mol. The van der Waals surface area contributed by atoms with Crippen molar-refractivity contribution in [2.45, 2.75) is 33.1 Å². The normalized spacial score (nSPS) is 11.9. The van der Waals surface area contributed by atoms with Gasteiger partial charge in [-0.1, -0.05) is 45.0 Å². The number of benzene rings is 2. The fraction of sp³-hybridized carbons (Fsp3) is 0.261. The molecular weight excluding hydrogens is 348 g/mol. The lowest BCUT2D eigenvalue weighted by atomic mass is 9.87. The lowest BCUT2D eigenvalue weighted by molar-refractivity contribution is 0.102. The summed E-state index contributed by atoms with van der Waals surface area (Å²) in [5.41, 5.74) is 4.68. The van der Waals surface area contributed by atoms with E-state index in [0.717, 1.165) is 27.5 Å². The number of aryl methyl sites for hydroxylation is 2. The van der Waals surface area contributed by atoms with Crippen LogP contribution < -0.4 is 5.32 Å². The van der Waals surface area contributed by atoms with E-state index in [9.17, 15) is 4.79 Å². The second kappa shape index (κ2) is 6.44. The van der Waals surface area contributed by atoms with Gasteiger partial charge < -0.3 is 5.32 Å². The third kappa shape index (κ3) is 3.24. The molecule has 28 heavy (non-hydrogen) atoms. The second-order valence-corrected chi connectivity index (χ2v) is 8.31. The third-order valence-corrected chi connectivity index (χ3v) is 5.01. The van der Waals surface area contributed by atoms with E-state index in [1.807, 2.05) is 50.4 Å². The van der Waals surface area contributed by atoms with Crippen molar-refractivity contribution in [3.63, 3.8) is 0 Å². The highest BCUT2D eigenvalue weighted by atomic mass is 16.1. The predicted molar refractivity (Wildman–Crippen MR) is 114 cm³/mol. The number of aromatic nitrogens is 3. The Morgan fingerprint density at radius 2 is 1.75 bits per heavy atom. The summed E-state index contributed by atoms with van der Waals surface area (Å²) in [6.45, 7) is 8.51. The maximum atomic E-state index is 12.8. The van der Waals surface area contributed by atoms with E-state index in [0.29, 0.717) is 11.4 Å². The van der Waals surface area contributed by atoms with Crippen molar-refractivity contribution >= 4 is 33.7 Å². The zero-order chi connectivity index (χ0) is 20.1. The van der Waals surface area contributed by atoms with Crippen LogP contribution in [-0.4, -0.2) is 20.7 Å². The number of hydrogen-bond acceptors (Lipinski definition) is 3. The van der Waals surface area contributed by atoms with Gasteiger partial charge in [0.1, 0.15) is 0 Å². The number of amides is 1. The van der Waals surface area contributed by atoms with Crippen LogP contribution in [0.15, 0.2) is 48.5 Å². The van der Waals surface area contributed by atoms with Gasteiger partial charge in [0.05, 0.1) is 10.9 Å². The summed E-state index contributed by atoms with van der Waals surface area (Å²) >= 11 is 0. The Bertz CT molecular complexity index is 1200. The van der Waals surface area contributed by atoms with Crippen LogP contribution in [0.2, 0.25) is 0 Å². The lowest BCUT2D eigenvalue weighted by Crippen LogP contribution is -2.14. The summed E-state index contributed by atoms with van der Waals surface area (Å²) in [6, 6.07) is 15.9. The summed E-state index contributed by atoms with van der Waals surface area (Å²) in [6.07, 6.45) is 0. The van der Waals surface area contributed by atoms with Crippen molar-refractivity contribution in [1.29, 1.82) is 0 Å². The van der Waals surface area contributed by atoms with Gasteiger partial charge >= 0.3 is 0 Å². The van der Waals surface area contributed by atoms with E-state index < -0.39 is 0 Å². The van der Waals surface area contributed by atoms with E-state index in [1.165, 1.54) is 5.56 Å². The Morgan fingerprint density at radius 3 is 2.43 bits per heavy atom. The van der Waals surface area contributed by atoms with Crippen LogP contribution in [0.4, 0.5) is 5.82 Å². The zero-order valence-electron chi connectivity index (χ0n) is 16.9. The van der Waals surface area contributed by atoms with Crippen molar-refractivity contribution in [2.75, 3.05) is 5.32 Å². The number of carbonyl (C=O) groups is 1. The monoisotopic (exact) mass is 372 g/mol. The SMILES string of the molecule is Cc1ccc2cc3c(NC(=O)c4ccc(C(C)(C)C)cc4)nn(C)c3nc2c1. The number of nitrogens with one attached hydrogen (secondary N) is 1. The molecule has 142 valence electrons. The molecule has 5 heteroatoms. The quantitative estimate of drug-likeness (QED) is 0.540. The highest BCUT2D eigenvalue weighted by Crippen LogP contribution is 2.27. The number of anilines is 1. The van der Waals surface area contributed by atoms with E-state index in [2.05, 4.69) is 43.3 Å². The fourth-order valence-corrected chi connectivity index (χ4v) is 3.33.